The molecule has 0 heterocycles. The van der Waals surface area contributed by atoms with Crippen molar-refractivity contribution in [3.05, 3.63) is 0 Å². The van der Waals surface area contributed by atoms with Gasteiger partial charge in [0.15, 0.2) is 6.29 Å². The van der Waals surface area contributed by atoms with E-state index in [0.29, 0.717) is 13.2 Å². The summed E-state index contributed by atoms with van der Waals surface area (Å²) in [5.41, 5.74) is 2.56. The Hall–Kier alpha value is -0.200. The first kappa shape index (κ1) is 11.8. The fourth-order valence-corrected chi connectivity index (χ4v) is 0.875. The molecular formula is C7H18N2O3. The first-order chi connectivity index (χ1) is 5.79. The third kappa shape index (κ3) is 3.99. The van der Waals surface area contributed by atoms with Crippen molar-refractivity contribution in [3.63, 3.8) is 0 Å². The van der Waals surface area contributed by atoms with Gasteiger partial charge < -0.3 is 14.2 Å². The zero-order valence-corrected chi connectivity index (χ0v) is 7.87. The normalized spacial score (nSPS) is 13.8. The Labute approximate surface area is 73.1 Å². The summed E-state index contributed by atoms with van der Waals surface area (Å²) < 4.78 is 15.2. The third-order valence-electron chi connectivity index (χ3n) is 1.51. The molecule has 1 atom stereocenters. The molecule has 3 N–H and O–H groups in total. The number of nitrogens with two attached hydrogens (primary N) is 1. The third-order valence-corrected chi connectivity index (χ3v) is 1.51. The summed E-state index contributed by atoms with van der Waals surface area (Å²) in [6.45, 7) is 3.04. The van der Waals surface area contributed by atoms with Gasteiger partial charge in [-0.3, -0.25) is 5.84 Å². The maximum atomic E-state index is 5.28. The average Bonchev–Trinajstić information content (AvgIpc) is 2.12. The van der Waals surface area contributed by atoms with Crippen LogP contribution in [-0.4, -0.2) is 39.8 Å². The van der Waals surface area contributed by atoms with Crippen LogP contribution in [0.1, 0.15) is 6.92 Å². The van der Waals surface area contributed by atoms with Crippen LogP contribution in [0.5, 0.6) is 0 Å². The number of methoxy groups -OCH3 is 2. The summed E-state index contributed by atoms with van der Waals surface area (Å²) >= 11 is 0. The van der Waals surface area contributed by atoms with Crippen LogP contribution in [-0.2, 0) is 14.2 Å². The molecule has 5 nitrogen and oxygen atoms in total. The molecule has 0 saturated heterocycles. The smallest absolute Gasteiger partial charge is 0.175 e. The van der Waals surface area contributed by atoms with E-state index in [1.165, 1.54) is 0 Å². The second kappa shape index (κ2) is 7.45. The largest absolute Gasteiger partial charge is 0.380 e. The lowest BCUT2D eigenvalue weighted by Gasteiger charge is -2.23. The molecule has 0 aromatic rings. The lowest BCUT2D eigenvalue weighted by atomic mass is 10.3. The Balaban J connectivity index is 3.75. The summed E-state index contributed by atoms with van der Waals surface area (Å²) in [6, 6.07) is -0.139. The van der Waals surface area contributed by atoms with E-state index in [1.807, 2.05) is 6.92 Å². The minimum absolute atomic E-state index is 0.139. The molecule has 5 heteroatoms. The van der Waals surface area contributed by atoms with Crippen molar-refractivity contribution >= 4 is 0 Å². The van der Waals surface area contributed by atoms with Crippen LogP contribution < -0.4 is 11.3 Å². The summed E-state index contributed by atoms with van der Waals surface area (Å²) in [6.07, 6.45) is -0.374. The van der Waals surface area contributed by atoms with Gasteiger partial charge in [-0.2, -0.15) is 0 Å². The van der Waals surface area contributed by atoms with Crippen molar-refractivity contribution in [2.45, 2.75) is 19.3 Å². The van der Waals surface area contributed by atoms with Crippen LogP contribution >= 0.6 is 0 Å². The zero-order valence-electron chi connectivity index (χ0n) is 7.87. The highest BCUT2D eigenvalue weighted by atomic mass is 16.7. The average molecular weight is 178 g/mol. The lowest BCUT2D eigenvalue weighted by Crippen LogP contribution is -2.48. The standard InChI is InChI=1S/C7H18N2O3/c1-4-12-5-6(9-8)7(10-2)11-3/h6-7,9H,4-5,8H2,1-3H3. The van der Waals surface area contributed by atoms with E-state index in [4.69, 9.17) is 20.1 Å². The maximum Gasteiger partial charge on any atom is 0.175 e. The summed E-state index contributed by atoms with van der Waals surface area (Å²) in [7, 11) is 3.12. The Kier molecular flexibility index (Phi) is 7.33. The number of rotatable bonds is 7. The molecule has 0 amide bonds. The SMILES string of the molecule is CCOCC(NN)C(OC)OC. The molecule has 1 unspecified atom stereocenters. The highest BCUT2D eigenvalue weighted by molar-refractivity contribution is 4.66. The van der Waals surface area contributed by atoms with Crippen molar-refractivity contribution in [2.24, 2.45) is 5.84 Å². The second-order valence-corrected chi connectivity index (χ2v) is 2.27. The van der Waals surface area contributed by atoms with E-state index >= 15 is 0 Å². The first-order valence-electron chi connectivity index (χ1n) is 3.89. The van der Waals surface area contributed by atoms with E-state index in [9.17, 15) is 0 Å². The zero-order chi connectivity index (χ0) is 9.40. The maximum absolute atomic E-state index is 5.28. The van der Waals surface area contributed by atoms with Gasteiger partial charge in [0.2, 0.25) is 0 Å². The van der Waals surface area contributed by atoms with Gasteiger partial charge in [-0.25, -0.2) is 5.43 Å². The Morgan fingerprint density at radius 2 is 1.92 bits per heavy atom. The van der Waals surface area contributed by atoms with Crippen molar-refractivity contribution < 1.29 is 14.2 Å². The molecule has 0 spiro atoms. The highest BCUT2D eigenvalue weighted by Gasteiger charge is 2.18. The van der Waals surface area contributed by atoms with Crippen molar-refractivity contribution in [1.82, 2.24) is 5.43 Å². The van der Waals surface area contributed by atoms with Gasteiger partial charge >= 0.3 is 0 Å². The Bertz CT molecular complexity index is 98.7. The molecule has 0 aromatic carbocycles. The molecule has 0 fully saturated rings. The van der Waals surface area contributed by atoms with Crippen LogP contribution in [0.4, 0.5) is 0 Å². The molecular weight excluding hydrogens is 160 g/mol. The summed E-state index contributed by atoms with van der Waals surface area (Å²) in [5, 5.41) is 0. The van der Waals surface area contributed by atoms with Crippen molar-refractivity contribution in [1.29, 1.82) is 0 Å². The topological polar surface area (TPSA) is 65.7 Å². The van der Waals surface area contributed by atoms with Gasteiger partial charge in [0.05, 0.1) is 12.6 Å². The number of hydrogen-bond acceptors (Lipinski definition) is 5. The predicted molar refractivity (Wildman–Crippen MR) is 45.4 cm³/mol. The fraction of sp³-hybridized carbons (Fsp3) is 1.00. The monoisotopic (exact) mass is 178 g/mol. The van der Waals surface area contributed by atoms with Gasteiger partial charge in [-0.15, -0.1) is 0 Å². The van der Waals surface area contributed by atoms with E-state index < -0.39 is 0 Å². The van der Waals surface area contributed by atoms with Gasteiger partial charge in [-0.1, -0.05) is 0 Å². The molecule has 0 bridgehead atoms. The van der Waals surface area contributed by atoms with E-state index in [0.717, 1.165) is 0 Å². The predicted octanol–water partition coefficient (Wildman–Crippen LogP) is -0.526. The summed E-state index contributed by atoms with van der Waals surface area (Å²) in [4.78, 5) is 0. The van der Waals surface area contributed by atoms with E-state index in [2.05, 4.69) is 5.43 Å². The summed E-state index contributed by atoms with van der Waals surface area (Å²) in [5.74, 6) is 5.28. The molecule has 74 valence electrons. The fourth-order valence-electron chi connectivity index (χ4n) is 0.875. The van der Waals surface area contributed by atoms with Crippen LogP contribution in [0.15, 0.2) is 0 Å². The molecule has 0 rings (SSSR count). The van der Waals surface area contributed by atoms with Crippen molar-refractivity contribution in [3.8, 4) is 0 Å². The van der Waals surface area contributed by atoms with Gasteiger partial charge in [-0.05, 0) is 6.92 Å². The van der Waals surface area contributed by atoms with Crippen LogP contribution in [0.3, 0.4) is 0 Å². The van der Waals surface area contributed by atoms with Crippen LogP contribution in [0.25, 0.3) is 0 Å². The van der Waals surface area contributed by atoms with Crippen molar-refractivity contribution in [2.75, 3.05) is 27.4 Å². The quantitative estimate of drug-likeness (QED) is 0.312. The molecule has 0 aliphatic heterocycles. The molecule has 0 radical (unpaired) electrons. The molecule has 0 aromatic heterocycles. The Morgan fingerprint density at radius 1 is 1.33 bits per heavy atom. The second-order valence-electron chi connectivity index (χ2n) is 2.27. The first-order valence-corrected chi connectivity index (χ1v) is 3.89. The number of hydrogen-bond donors (Lipinski definition) is 2. The van der Waals surface area contributed by atoms with Gasteiger partial charge in [0.25, 0.3) is 0 Å². The van der Waals surface area contributed by atoms with E-state index in [-0.39, 0.29) is 12.3 Å². The molecule has 0 aliphatic carbocycles. The minimum Gasteiger partial charge on any atom is -0.380 e. The van der Waals surface area contributed by atoms with Crippen LogP contribution in [0.2, 0.25) is 0 Å². The highest BCUT2D eigenvalue weighted by Crippen LogP contribution is 1.98. The molecule has 0 saturated carbocycles. The van der Waals surface area contributed by atoms with Gasteiger partial charge in [0.1, 0.15) is 0 Å². The number of ether oxygens (including phenoxy) is 3. The number of nitrogens with one attached hydrogen (secondary N) is 1. The lowest BCUT2D eigenvalue weighted by molar-refractivity contribution is -0.134. The van der Waals surface area contributed by atoms with Crippen LogP contribution in [0, 0.1) is 0 Å². The molecule has 12 heavy (non-hydrogen) atoms. The van der Waals surface area contributed by atoms with Gasteiger partial charge in [0, 0.05) is 20.8 Å². The van der Waals surface area contributed by atoms with E-state index in [1.54, 1.807) is 14.2 Å². The number of hydrazine groups is 1. The minimum atomic E-state index is -0.374. The molecule has 0 aliphatic rings. The Morgan fingerprint density at radius 3 is 2.25 bits per heavy atom.